The highest BCUT2D eigenvalue weighted by atomic mass is 32.1. The fraction of sp³-hybridized carbons (Fsp3) is 0.167. The van der Waals surface area contributed by atoms with Crippen molar-refractivity contribution in [3.63, 3.8) is 0 Å². The van der Waals surface area contributed by atoms with Gasteiger partial charge in [-0.2, -0.15) is 0 Å². The fourth-order valence-electron chi connectivity index (χ4n) is 1.91. The van der Waals surface area contributed by atoms with Crippen LogP contribution in [0.4, 0.5) is 5.69 Å². The molecule has 2 aromatic rings. The predicted octanol–water partition coefficient (Wildman–Crippen LogP) is 0.280. The van der Waals surface area contributed by atoms with Crippen molar-refractivity contribution < 1.29 is 4.92 Å². The second kappa shape index (κ2) is 4.43. The average Bonchev–Trinajstić information content (AvgIpc) is 2.95. The molecule has 96 valence electrons. The van der Waals surface area contributed by atoms with Gasteiger partial charge in [-0.05, 0) is 23.8 Å². The Morgan fingerprint density at radius 3 is 2.74 bits per heavy atom. The van der Waals surface area contributed by atoms with E-state index in [2.05, 4.69) is 4.99 Å². The van der Waals surface area contributed by atoms with E-state index in [0.717, 1.165) is 10.4 Å². The molecule has 0 N–H and O–H groups in total. The van der Waals surface area contributed by atoms with Gasteiger partial charge in [0.25, 0.3) is 11.2 Å². The molecule has 2 heterocycles. The summed E-state index contributed by atoms with van der Waals surface area (Å²) in [6, 6.07) is 6.11. The zero-order valence-corrected chi connectivity index (χ0v) is 10.6. The Balaban J connectivity index is 2.07. The molecule has 1 aliphatic heterocycles. The first-order chi connectivity index (χ1) is 9.15. The molecule has 0 spiro atoms. The number of hydrogen-bond donors (Lipinski definition) is 0. The summed E-state index contributed by atoms with van der Waals surface area (Å²) < 4.78 is 2.26. The van der Waals surface area contributed by atoms with Crippen LogP contribution in [-0.4, -0.2) is 16.0 Å². The highest BCUT2D eigenvalue weighted by Gasteiger charge is 2.09. The number of rotatable bonds is 2. The molecular formula is C12H9N3O3S. The monoisotopic (exact) mass is 275 g/mol. The number of non-ortho nitro benzene ring substituents is 1. The minimum absolute atomic E-state index is 0.0394. The molecule has 0 unspecified atom stereocenters. The van der Waals surface area contributed by atoms with Crippen LogP contribution in [0.25, 0.3) is 6.08 Å². The third-order valence-electron chi connectivity index (χ3n) is 2.86. The van der Waals surface area contributed by atoms with E-state index in [1.807, 2.05) is 0 Å². The van der Waals surface area contributed by atoms with Crippen molar-refractivity contribution in [1.82, 2.24) is 4.57 Å². The van der Waals surface area contributed by atoms with Crippen molar-refractivity contribution in [3.8, 4) is 0 Å². The quantitative estimate of drug-likeness (QED) is 0.583. The highest BCUT2D eigenvalue weighted by molar-refractivity contribution is 7.07. The summed E-state index contributed by atoms with van der Waals surface area (Å²) in [5.74, 6) is 0. The van der Waals surface area contributed by atoms with Crippen LogP contribution >= 0.6 is 11.3 Å². The Morgan fingerprint density at radius 1 is 1.37 bits per heavy atom. The fourth-order valence-corrected chi connectivity index (χ4v) is 2.94. The SMILES string of the molecule is O=c1c(=Cc2ccc([N+](=O)[O-])cc2)sc2n1CCN=2. The molecule has 1 aromatic carbocycles. The van der Waals surface area contributed by atoms with Crippen molar-refractivity contribution in [3.05, 3.63) is 59.6 Å². The van der Waals surface area contributed by atoms with E-state index in [0.29, 0.717) is 17.6 Å². The number of nitrogens with zero attached hydrogens (tertiary/aromatic N) is 3. The van der Waals surface area contributed by atoms with Crippen molar-refractivity contribution >= 4 is 23.1 Å². The topological polar surface area (TPSA) is 77.5 Å². The van der Waals surface area contributed by atoms with Gasteiger partial charge in [0.15, 0.2) is 4.80 Å². The molecule has 19 heavy (non-hydrogen) atoms. The first kappa shape index (κ1) is 11.8. The van der Waals surface area contributed by atoms with E-state index in [1.165, 1.54) is 23.5 Å². The molecule has 0 aliphatic carbocycles. The molecule has 0 amide bonds. The van der Waals surface area contributed by atoms with Gasteiger partial charge in [0, 0.05) is 18.7 Å². The molecule has 0 bridgehead atoms. The molecular weight excluding hydrogens is 266 g/mol. The zero-order valence-electron chi connectivity index (χ0n) is 9.78. The van der Waals surface area contributed by atoms with Crippen LogP contribution in [0.1, 0.15) is 5.56 Å². The smallest absolute Gasteiger partial charge is 0.270 e. The van der Waals surface area contributed by atoms with Gasteiger partial charge in [-0.3, -0.25) is 24.5 Å². The maximum atomic E-state index is 12.0. The lowest BCUT2D eigenvalue weighted by Crippen LogP contribution is -2.29. The van der Waals surface area contributed by atoms with Crippen molar-refractivity contribution in [2.45, 2.75) is 6.54 Å². The van der Waals surface area contributed by atoms with Crippen LogP contribution in [0.2, 0.25) is 0 Å². The van der Waals surface area contributed by atoms with Gasteiger partial charge in [0.1, 0.15) is 0 Å². The summed E-state index contributed by atoms with van der Waals surface area (Å²) in [6.45, 7) is 1.30. The van der Waals surface area contributed by atoms with E-state index < -0.39 is 4.92 Å². The Bertz CT molecular complexity index is 817. The van der Waals surface area contributed by atoms with E-state index in [1.54, 1.807) is 22.8 Å². The van der Waals surface area contributed by atoms with Crippen LogP contribution in [0.15, 0.2) is 34.1 Å². The summed E-state index contributed by atoms with van der Waals surface area (Å²) in [6.07, 6.45) is 1.73. The van der Waals surface area contributed by atoms with Crippen LogP contribution in [0, 0.1) is 10.1 Å². The van der Waals surface area contributed by atoms with Crippen molar-refractivity contribution in [2.24, 2.45) is 4.99 Å². The number of fused-ring (bicyclic) bond motifs is 1. The summed E-state index contributed by atoms with van der Waals surface area (Å²) in [7, 11) is 0. The normalized spacial score (nSPS) is 14.2. The predicted molar refractivity (Wildman–Crippen MR) is 70.9 cm³/mol. The molecule has 7 heteroatoms. The molecule has 0 atom stereocenters. The van der Waals surface area contributed by atoms with Gasteiger partial charge >= 0.3 is 0 Å². The standard InChI is InChI=1S/C12H9N3O3S/c16-11-10(19-12-13-5-6-14(11)12)7-8-1-3-9(4-2-8)15(17)18/h1-4,7H,5-6H2. The van der Waals surface area contributed by atoms with E-state index in [-0.39, 0.29) is 11.2 Å². The van der Waals surface area contributed by atoms with Gasteiger partial charge in [-0.15, -0.1) is 0 Å². The van der Waals surface area contributed by atoms with Gasteiger partial charge in [0.05, 0.1) is 16.0 Å². The number of hydrogen-bond acceptors (Lipinski definition) is 5. The second-order valence-electron chi connectivity index (χ2n) is 4.08. The summed E-state index contributed by atoms with van der Waals surface area (Å²) >= 11 is 1.35. The number of nitro benzene ring substituents is 1. The van der Waals surface area contributed by atoms with Crippen LogP contribution in [0.3, 0.4) is 0 Å². The lowest BCUT2D eigenvalue weighted by molar-refractivity contribution is -0.384. The number of aromatic nitrogens is 1. The summed E-state index contributed by atoms with van der Waals surface area (Å²) in [4.78, 5) is 27.1. The van der Waals surface area contributed by atoms with Crippen LogP contribution in [-0.2, 0) is 6.54 Å². The third kappa shape index (κ3) is 2.08. The lowest BCUT2D eigenvalue weighted by Gasteiger charge is -1.92. The lowest BCUT2D eigenvalue weighted by atomic mass is 10.2. The van der Waals surface area contributed by atoms with Crippen LogP contribution < -0.4 is 14.9 Å². The maximum absolute atomic E-state index is 12.0. The largest absolute Gasteiger partial charge is 0.282 e. The first-order valence-corrected chi connectivity index (χ1v) is 6.47. The number of nitro groups is 1. The third-order valence-corrected chi connectivity index (χ3v) is 3.90. The number of benzene rings is 1. The first-order valence-electron chi connectivity index (χ1n) is 5.65. The van der Waals surface area contributed by atoms with E-state index >= 15 is 0 Å². The molecule has 6 nitrogen and oxygen atoms in total. The van der Waals surface area contributed by atoms with Gasteiger partial charge in [-0.25, -0.2) is 0 Å². The minimum Gasteiger partial charge on any atom is -0.282 e. The Labute approximate surface area is 111 Å². The second-order valence-corrected chi connectivity index (χ2v) is 5.09. The summed E-state index contributed by atoms with van der Waals surface area (Å²) in [5, 5.41) is 10.6. The van der Waals surface area contributed by atoms with Crippen molar-refractivity contribution in [2.75, 3.05) is 6.54 Å². The molecule has 1 aliphatic rings. The van der Waals surface area contributed by atoms with Gasteiger partial charge in [0.2, 0.25) is 0 Å². The highest BCUT2D eigenvalue weighted by Crippen LogP contribution is 2.12. The molecule has 3 rings (SSSR count). The Hall–Kier alpha value is -2.28. The van der Waals surface area contributed by atoms with Gasteiger partial charge < -0.3 is 0 Å². The van der Waals surface area contributed by atoms with Crippen LogP contribution in [0.5, 0.6) is 0 Å². The number of thiazole rings is 1. The Kier molecular flexibility index (Phi) is 2.75. The molecule has 0 radical (unpaired) electrons. The van der Waals surface area contributed by atoms with E-state index in [4.69, 9.17) is 0 Å². The molecule has 0 saturated heterocycles. The van der Waals surface area contributed by atoms with Gasteiger partial charge in [-0.1, -0.05) is 11.3 Å². The molecule has 1 aromatic heterocycles. The minimum atomic E-state index is -0.447. The average molecular weight is 275 g/mol. The zero-order chi connectivity index (χ0) is 13.4. The van der Waals surface area contributed by atoms with E-state index in [9.17, 15) is 14.9 Å². The molecule has 0 fully saturated rings. The summed E-state index contributed by atoms with van der Waals surface area (Å²) in [5.41, 5.74) is 0.764. The molecule has 0 saturated carbocycles. The Morgan fingerprint density at radius 2 is 2.11 bits per heavy atom. The van der Waals surface area contributed by atoms with Crippen molar-refractivity contribution in [1.29, 1.82) is 0 Å². The maximum Gasteiger partial charge on any atom is 0.270 e.